The quantitative estimate of drug-likeness (QED) is 0.603. The predicted molar refractivity (Wildman–Crippen MR) is 80.3 cm³/mol. The fourth-order valence-electron chi connectivity index (χ4n) is 2.37. The molecule has 0 saturated heterocycles. The van der Waals surface area contributed by atoms with Crippen LogP contribution in [-0.2, 0) is 4.79 Å². The Bertz CT molecular complexity index is 518. The molecule has 0 bridgehead atoms. The maximum atomic E-state index is 12.1. The van der Waals surface area contributed by atoms with Crippen LogP contribution < -0.4 is 4.90 Å². The van der Waals surface area contributed by atoms with Crippen molar-refractivity contribution < 1.29 is 9.59 Å². The summed E-state index contributed by atoms with van der Waals surface area (Å²) < 4.78 is 0. The van der Waals surface area contributed by atoms with Crippen LogP contribution in [0.3, 0.4) is 0 Å². The van der Waals surface area contributed by atoms with Crippen molar-refractivity contribution in [1.29, 1.82) is 0 Å². The van der Waals surface area contributed by atoms with Crippen molar-refractivity contribution in [2.75, 3.05) is 16.8 Å². The maximum Gasteiger partial charge on any atom is 0.299 e. The topological polar surface area (TPSA) is 37.4 Å². The second-order valence-electron chi connectivity index (χ2n) is 4.69. The average molecular weight is 345 g/mol. The molecule has 102 valence electrons. The normalized spacial score (nSPS) is 15.8. The van der Waals surface area contributed by atoms with Crippen molar-refractivity contribution in [1.82, 2.24) is 0 Å². The molecular weight excluding hydrogens is 330 g/mol. The number of carbonyl (C=O) groups excluding carboxylic acids is 2. The molecule has 1 aliphatic rings. The van der Waals surface area contributed by atoms with Gasteiger partial charge in [-0.2, -0.15) is 0 Å². The second-order valence-corrected chi connectivity index (χ2v) is 5.74. The van der Waals surface area contributed by atoms with E-state index in [0.29, 0.717) is 28.7 Å². The smallest absolute Gasteiger partial charge is 0.299 e. The van der Waals surface area contributed by atoms with Crippen molar-refractivity contribution in [3.8, 4) is 0 Å². The van der Waals surface area contributed by atoms with E-state index < -0.39 is 11.7 Å². The molecule has 5 heteroatoms. The zero-order valence-corrected chi connectivity index (χ0v) is 13.0. The van der Waals surface area contributed by atoms with E-state index in [-0.39, 0.29) is 0 Å². The number of alkyl halides is 1. The third kappa shape index (κ3) is 2.70. The molecule has 0 fully saturated rings. The Morgan fingerprint density at radius 2 is 2.11 bits per heavy atom. The zero-order valence-electron chi connectivity index (χ0n) is 10.7. The van der Waals surface area contributed by atoms with E-state index in [1.807, 2.05) is 0 Å². The van der Waals surface area contributed by atoms with Gasteiger partial charge in [0.1, 0.15) is 0 Å². The van der Waals surface area contributed by atoms with Gasteiger partial charge in [0.2, 0.25) is 0 Å². The number of benzene rings is 1. The summed E-state index contributed by atoms with van der Waals surface area (Å²) in [4.78, 5) is 25.5. The first-order chi connectivity index (χ1) is 9.10. The van der Waals surface area contributed by atoms with Crippen molar-refractivity contribution in [2.45, 2.75) is 19.8 Å². The molecule has 1 aromatic rings. The molecule has 1 aromatic carbocycles. The Hall–Kier alpha value is -0.870. The minimum atomic E-state index is -0.467. The number of hydrogen-bond acceptors (Lipinski definition) is 2. The number of nitrogens with zero attached hydrogens (tertiary/aromatic N) is 1. The predicted octanol–water partition coefficient (Wildman–Crippen LogP) is 3.68. The molecule has 0 aliphatic carbocycles. The third-order valence-corrected chi connectivity index (χ3v) is 4.52. The largest absolute Gasteiger partial charge is 0.303 e. The number of rotatable bonds is 5. The maximum absolute atomic E-state index is 12.1. The monoisotopic (exact) mass is 343 g/mol. The van der Waals surface area contributed by atoms with Gasteiger partial charge in [-0.25, -0.2) is 0 Å². The van der Waals surface area contributed by atoms with Crippen molar-refractivity contribution >= 4 is 44.9 Å². The van der Waals surface area contributed by atoms with Crippen LogP contribution in [0.25, 0.3) is 0 Å². The molecule has 1 aliphatic heterocycles. The van der Waals surface area contributed by atoms with Crippen LogP contribution in [0.2, 0.25) is 5.02 Å². The Labute approximate surface area is 126 Å². The molecule has 0 saturated carbocycles. The number of amides is 1. The Kier molecular flexibility index (Phi) is 4.63. The van der Waals surface area contributed by atoms with Crippen molar-refractivity contribution in [3.63, 3.8) is 0 Å². The SMILES string of the molecule is CCCC(CBr)CN1C(=O)C(=O)c2cccc(Cl)c21. The van der Waals surface area contributed by atoms with E-state index in [9.17, 15) is 9.59 Å². The number of carbonyl (C=O) groups is 2. The molecule has 1 atom stereocenters. The summed E-state index contributed by atoms with van der Waals surface area (Å²) in [6.07, 6.45) is 2.05. The summed E-state index contributed by atoms with van der Waals surface area (Å²) in [5.74, 6) is -0.601. The van der Waals surface area contributed by atoms with Crippen LogP contribution in [0.5, 0.6) is 0 Å². The summed E-state index contributed by atoms with van der Waals surface area (Å²) in [7, 11) is 0. The first-order valence-corrected chi connectivity index (χ1v) is 7.80. The van der Waals surface area contributed by atoms with Gasteiger partial charge in [-0.1, -0.05) is 46.9 Å². The first kappa shape index (κ1) is 14.5. The van der Waals surface area contributed by atoms with Gasteiger partial charge in [0.05, 0.1) is 16.3 Å². The van der Waals surface area contributed by atoms with Gasteiger partial charge in [0.25, 0.3) is 11.7 Å². The van der Waals surface area contributed by atoms with Crippen molar-refractivity contribution in [2.24, 2.45) is 5.92 Å². The third-order valence-electron chi connectivity index (χ3n) is 3.30. The Morgan fingerprint density at radius 3 is 2.74 bits per heavy atom. The van der Waals surface area contributed by atoms with Gasteiger partial charge < -0.3 is 4.90 Å². The molecule has 1 heterocycles. The number of para-hydroxylation sites is 1. The first-order valence-electron chi connectivity index (χ1n) is 6.30. The van der Waals surface area contributed by atoms with Crippen LogP contribution in [0.15, 0.2) is 18.2 Å². The highest BCUT2D eigenvalue weighted by Crippen LogP contribution is 2.36. The second kappa shape index (κ2) is 6.06. The van der Waals surface area contributed by atoms with Gasteiger partial charge in [0, 0.05) is 11.9 Å². The summed E-state index contributed by atoms with van der Waals surface area (Å²) in [5, 5.41) is 1.26. The molecule has 1 amide bonds. The molecule has 3 nitrogen and oxygen atoms in total. The number of anilines is 1. The van der Waals surface area contributed by atoms with E-state index in [2.05, 4.69) is 22.9 Å². The molecule has 0 radical (unpaired) electrons. The van der Waals surface area contributed by atoms with Crippen molar-refractivity contribution in [3.05, 3.63) is 28.8 Å². The molecule has 0 spiro atoms. The standard InChI is InChI=1S/C14H15BrClNO2/c1-2-4-9(7-15)8-17-12-10(13(18)14(17)19)5-3-6-11(12)16/h3,5-6,9H,2,4,7-8H2,1H3. The van der Waals surface area contributed by atoms with E-state index >= 15 is 0 Å². The fraction of sp³-hybridized carbons (Fsp3) is 0.429. The van der Waals surface area contributed by atoms with E-state index in [4.69, 9.17) is 11.6 Å². The number of hydrogen-bond donors (Lipinski definition) is 0. The Morgan fingerprint density at radius 1 is 1.37 bits per heavy atom. The van der Waals surface area contributed by atoms with Gasteiger partial charge in [0.15, 0.2) is 0 Å². The van der Waals surface area contributed by atoms with Gasteiger partial charge in [-0.05, 0) is 24.5 Å². The fourth-order valence-corrected chi connectivity index (χ4v) is 3.18. The molecule has 2 rings (SSSR count). The van der Waals surface area contributed by atoms with E-state index in [0.717, 1.165) is 18.2 Å². The minimum Gasteiger partial charge on any atom is -0.303 e. The summed E-state index contributed by atoms with van der Waals surface area (Å²) in [5.41, 5.74) is 0.989. The molecule has 1 unspecified atom stereocenters. The minimum absolute atomic E-state index is 0.323. The number of ketones is 1. The highest BCUT2D eigenvalue weighted by molar-refractivity contribution is 9.09. The van der Waals surface area contributed by atoms with E-state index in [1.165, 1.54) is 4.90 Å². The molecule has 0 N–H and O–H groups in total. The van der Waals surface area contributed by atoms with Gasteiger partial charge in [-0.15, -0.1) is 0 Å². The molecular formula is C14H15BrClNO2. The van der Waals surface area contributed by atoms with Crippen LogP contribution in [-0.4, -0.2) is 23.6 Å². The number of Topliss-reactive ketones (excluding diaryl/α,β-unsaturated/α-hetero) is 1. The van der Waals surface area contributed by atoms with Gasteiger partial charge >= 0.3 is 0 Å². The lowest BCUT2D eigenvalue weighted by Crippen LogP contribution is -2.35. The highest BCUT2D eigenvalue weighted by atomic mass is 79.9. The van der Waals surface area contributed by atoms with Crippen LogP contribution in [0, 0.1) is 5.92 Å². The summed E-state index contributed by atoms with van der Waals surface area (Å²) >= 11 is 9.60. The van der Waals surface area contributed by atoms with E-state index in [1.54, 1.807) is 18.2 Å². The molecule has 0 aromatic heterocycles. The summed E-state index contributed by atoms with van der Waals surface area (Å²) in [6.45, 7) is 2.63. The van der Waals surface area contributed by atoms with Gasteiger partial charge in [-0.3, -0.25) is 9.59 Å². The zero-order chi connectivity index (χ0) is 14.0. The van der Waals surface area contributed by atoms with Crippen LogP contribution in [0.1, 0.15) is 30.1 Å². The number of halogens is 2. The Balaban J connectivity index is 2.32. The van der Waals surface area contributed by atoms with Crippen LogP contribution in [0.4, 0.5) is 5.69 Å². The number of fused-ring (bicyclic) bond motifs is 1. The lowest BCUT2D eigenvalue weighted by atomic mass is 10.1. The highest BCUT2D eigenvalue weighted by Gasteiger charge is 2.37. The summed E-state index contributed by atoms with van der Waals surface area (Å²) in [6, 6.07) is 5.07. The lowest BCUT2D eigenvalue weighted by molar-refractivity contribution is -0.114. The lowest BCUT2D eigenvalue weighted by Gasteiger charge is -2.23. The molecule has 19 heavy (non-hydrogen) atoms. The average Bonchev–Trinajstić information content (AvgIpc) is 2.64. The van der Waals surface area contributed by atoms with Crippen LogP contribution >= 0.6 is 27.5 Å².